The first-order chi connectivity index (χ1) is 12.5. The van der Waals surface area contributed by atoms with Crippen molar-refractivity contribution in [1.82, 2.24) is 4.90 Å². The van der Waals surface area contributed by atoms with Crippen LogP contribution >= 0.6 is 0 Å². The maximum atomic E-state index is 13.3. The van der Waals surface area contributed by atoms with Gasteiger partial charge in [-0.3, -0.25) is 9.79 Å². The predicted octanol–water partition coefficient (Wildman–Crippen LogP) is 4.32. The first kappa shape index (κ1) is 17.3. The average Bonchev–Trinajstić information content (AvgIpc) is 3.32. The lowest BCUT2D eigenvalue weighted by atomic mass is 9.88. The number of hydrogen-bond acceptors (Lipinski definition) is 3. The summed E-state index contributed by atoms with van der Waals surface area (Å²) in [5.41, 5.74) is 4.66. The molecule has 138 valence electrons. The van der Waals surface area contributed by atoms with E-state index in [4.69, 9.17) is 4.74 Å². The van der Waals surface area contributed by atoms with Gasteiger partial charge in [-0.25, -0.2) is 0 Å². The van der Waals surface area contributed by atoms with Crippen LogP contribution in [0.3, 0.4) is 0 Å². The summed E-state index contributed by atoms with van der Waals surface area (Å²) in [4.78, 5) is 19.9. The fraction of sp³-hybridized carbons (Fsp3) is 0.545. The van der Waals surface area contributed by atoms with Gasteiger partial charge in [0, 0.05) is 23.9 Å². The van der Waals surface area contributed by atoms with E-state index in [-0.39, 0.29) is 12.0 Å². The van der Waals surface area contributed by atoms with Crippen molar-refractivity contribution in [2.45, 2.75) is 71.1 Å². The number of carbonyl (C=O) groups is 1. The fourth-order valence-corrected chi connectivity index (χ4v) is 4.13. The lowest BCUT2D eigenvalue weighted by molar-refractivity contribution is 0.0645. The number of ether oxygens (including phenoxy) is 1. The van der Waals surface area contributed by atoms with Gasteiger partial charge >= 0.3 is 0 Å². The molecule has 1 fully saturated rings. The molecule has 1 unspecified atom stereocenters. The second kappa shape index (κ2) is 6.90. The molecule has 4 rings (SSSR count). The number of hydrogen-bond donors (Lipinski definition) is 0. The van der Waals surface area contributed by atoms with Gasteiger partial charge in [0.05, 0.1) is 12.6 Å². The molecule has 1 aromatic carbocycles. The zero-order valence-electron chi connectivity index (χ0n) is 16.0. The molecular formula is C22H28N2O2. The normalized spacial score (nSPS) is 21.9. The molecule has 0 N–H and O–H groups in total. The molecule has 26 heavy (non-hydrogen) atoms. The van der Waals surface area contributed by atoms with Crippen LogP contribution in [0.2, 0.25) is 0 Å². The van der Waals surface area contributed by atoms with Gasteiger partial charge in [0.2, 0.25) is 0 Å². The molecule has 0 spiro atoms. The largest absolute Gasteiger partial charge is 0.491 e. The molecule has 1 aliphatic heterocycles. The van der Waals surface area contributed by atoms with E-state index in [1.807, 2.05) is 45.2 Å². The molecule has 0 radical (unpaired) electrons. The topological polar surface area (TPSA) is 41.9 Å². The number of rotatable bonds is 5. The lowest BCUT2D eigenvalue weighted by Gasteiger charge is -2.35. The predicted molar refractivity (Wildman–Crippen MR) is 104 cm³/mol. The molecule has 1 atom stereocenters. The molecule has 1 aromatic rings. The summed E-state index contributed by atoms with van der Waals surface area (Å²) < 4.78 is 5.82. The number of aryl methyl sites for hydroxylation is 1. The Bertz CT molecular complexity index is 774. The van der Waals surface area contributed by atoms with Crippen molar-refractivity contribution in [2.75, 3.05) is 6.54 Å². The second-order valence-corrected chi connectivity index (χ2v) is 8.09. The maximum absolute atomic E-state index is 13.3. The molecule has 1 amide bonds. The van der Waals surface area contributed by atoms with Gasteiger partial charge in [0.1, 0.15) is 5.75 Å². The molecule has 1 saturated carbocycles. The Kier molecular flexibility index (Phi) is 4.60. The van der Waals surface area contributed by atoms with Gasteiger partial charge < -0.3 is 9.64 Å². The van der Waals surface area contributed by atoms with Crippen LogP contribution in [0.15, 0.2) is 34.3 Å². The third-order valence-corrected chi connectivity index (χ3v) is 5.57. The van der Waals surface area contributed by atoms with Crippen molar-refractivity contribution in [2.24, 2.45) is 4.99 Å². The van der Waals surface area contributed by atoms with Gasteiger partial charge in [-0.15, -0.1) is 0 Å². The Morgan fingerprint density at radius 3 is 2.73 bits per heavy atom. The Morgan fingerprint density at radius 1 is 1.23 bits per heavy atom. The van der Waals surface area contributed by atoms with Gasteiger partial charge in [-0.2, -0.15) is 0 Å². The molecular weight excluding hydrogens is 324 g/mol. The molecule has 1 heterocycles. The third kappa shape index (κ3) is 3.42. The molecule has 4 heteroatoms. The van der Waals surface area contributed by atoms with Crippen LogP contribution < -0.4 is 4.74 Å². The number of amides is 1. The molecule has 3 aliphatic rings. The van der Waals surface area contributed by atoms with Crippen molar-refractivity contribution >= 4 is 12.1 Å². The zero-order chi connectivity index (χ0) is 18.3. The van der Waals surface area contributed by atoms with Gasteiger partial charge in [0.15, 0.2) is 0 Å². The first-order valence-corrected chi connectivity index (χ1v) is 9.83. The minimum atomic E-state index is 0.135. The summed E-state index contributed by atoms with van der Waals surface area (Å²) >= 11 is 0. The van der Waals surface area contributed by atoms with Crippen LogP contribution in [0.1, 0.15) is 61.9 Å². The highest BCUT2D eigenvalue weighted by atomic mass is 16.5. The second-order valence-electron chi connectivity index (χ2n) is 8.09. The summed E-state index contributed by atoms with van der Waals surface area (Å²) in [5.74, 6) is 1.04. The van der Waals surface area contributed by atoms with E-state index in [1.165, 1.54) is 11.1 Å². The van der Waals surface area contributed by atoms with Gasteiger partial charge in [0.25, 0.3) is 5.91 Å². The Morgan fingerprint density at radius 2 is 2.04 bits per heavy atom. The Balaban J connectivity index is 1.55. The van der Waals surface area contributed by atoms with Crippen LogP contribution in [0.5, 0.6) is 5.75 Å². The number of nitrogens with zero attached hydrogens (tertiary/aromatic N) is 2. The monoisotopic (exact) mass is 352 g/mol. The minimum absolute atomic E-state index is 0.135. The average molecular weight is 352 g/mol. The van der Waals surface area contributed by atoms with E-state index in [9.17, 15) is 4.79 Å². The highest BCUT2D eigenvalue weighted by molar-refractivity contribution is 5.95. The van der Waals surface area contributed by atoms with E-state index in [0.717, 1.165) is 55.5 Å². The number of aliphatic imine (C=N–C) groups is 1. The molecule has 0 aromatic heterocycles. The zero-order valence-corrected chi connectivity index (χ0v) is 16.0. The van der Waals surface area contributed by atoms with Crippen molar-refractivity contribution in [1.29, 1.82) is 0 Å². The third-order valence-electron chi connectivity index (χ3n) is 5.57. The standard InChI is InChI=1S/C22H28N2O2/c1-14(2)26-21-9-5-16(10-15(21)3)22(25)24(19-7-8-19)20-6-4-17-12-23-13-18(17)11-20/h5,9-10,13-14,19-20H,4,6-8,11-12H2,1-3H3. The quantitative estimate of drug-likeness (QED) is 0.792. The van der Waals surface area contributed by atoms with Crippen LogP contribution in [0, 0.1) is 6.92 Å². The van der Waals surface area contributed by atoms with Crippen molar-refractivity contribution < 1.29 is 9.53 Å². The van der Waals surface area contributed by atoms with Crippen molar-refractivity contribution in [3.63, 3.8) is 0 Å². The Hall–Kier alpha value is -2.10. The number of benzene rings is 1. The summed E-state index contributed by atoms with van der Waals surface area (Å²) in [6.45, 7) is 6.93. The summed E-state index contributed by atoms with van der Waals surface area (Å²) in [7, 11) is 0. The molecule has 4 nitrogen and oxygen atoms in total. The molecule has 2 aliphatic carbocycles. The first-order valence-electron chi connectivity index (χ1n) is 9.83. The Labute approximate surface area is 155 Å². The summed E-state index contributed by atoms with van der Waals surface area (Å²) in [6, 6.07) is 6.58. The van der Waals surface area contributed by atoms with Gasteiger partial charge in [-0.05, 0) is 87.8 Å². The van der Waals surface area contributed by atoms with E-state index >= 15 is 0 Å². The SMILES string of the molecule is Cc1cc(C(=O)N(C2CC2)C2CCC3=C(C=NC3)C2)ccc1OC(C)C. The molecule has 0 saturated heterocycles. The van der Waals surface area contributed by atoms with Crippen LogP contribution in [-0.4, -0.2) is 41.8 Å². The van der Waals surface area contributed by atoms with E-state index in [1.54, 1.807) is 0 Å². The number of carbonyl (C=O) groups excluding carboxylic acids is 1. The van der Waals surface area contributed by atoms with E-state index in [0.29, 0.717) is 12.1 Å². The lowest BCUT2D eigenvalue weighted by Crippen LogP contribution is -2.43. The van der Waals surface area contributed by atoms with Crippen molar-refractivity contribution in [3.8, 4) is 5.75 Å². The highest BCUT2D eigenvalue weighted by Crippen LogP contribution is 2.37. The summed E-state index contributed by atoms with van der Waals surface area (Å²) in [5, 5.41) is 0. The maximum Gasteiger partial charge on any atom is 0.254 e. The highest BCUT2D eigenvalue weighted by Gasteiger charge is 2.39. The van der Waals surface area contributed by atoms with Crippen LogP contribution in [0.25, 0.3) is 0 Å². The summed E-state index contributed by atoms with van der Waals surface area (Å²) in [6.07, 6.45) is 7.55. The van der Waals surface area contributed by atoms with Crippen molar-refractivity contribution in [3.05, 3.63) is 40.5 Å². The van der Waals surface area contributed by atoms with E-state index < -0.39 is 0 Å². The molecule has 0 bridgehead atoms. The van der Waals surface area contributed by atoms with E-state index in [2.05, 4.69) is 9.89 Å². The smallest absolute Gasteiger partial charge is 0.254 e. The van der Waals surface area contributed by atoms with Crippen LogP contribution in [0.4, 0.5) is 0 Å². The minimum Gasteiger partial charge on any atom is -0.491 e. The van der Waals surface area contributed by atoms with Gasteiger partial charge in [-0.1, -0.05) is 0 Å². The fourth-order valence-electron chi connectivity index (χ4n) is 4.13. The van der Waals surface area contributed by atoms with Crippen LogP contribution in [-0.2, 0) is 0 Å².